The number of aromatic nitrogens is 1. The Morgan fingerprint density at radius 1 is 1.03 bits per heavy atom. The van der Waals surface area contributed by atoms with E-state index in [0.29, 0.717) is 36.4 Å². The Kier molecular flexibility index (Phi) is 9.64. The minimum atomic E-state index is 0. The van der Waals surface area contributed by atoms with Crippen molar-refractivity contribution in [1.82, 2.24) is 15.6 Å². The van der Waals surface area contributed by atoms with E-state index in [2.05, 4.69) is 39.7 Å². The monoisotopic (exact) mass is 536 g/mol. The van der Waals surface area contributed by atoms with Crippen molar-refractivity contribution in [3.8, 4) is 23.0 Å². The SMILES string of the molecule is CN=C(NCCc1coc(-c2ccc(C)cc2)n1)NCc1ccc(OC)c(OC)c1.I. The number of oxazole rings is 1. The summed E-state index contributed by atoms with van der Waals surface area (Å²) in [4.78, 5) is 8.84. The van der Waals surface area contributed by atoms with E-state index < -0.39 is 0 Å². The maximum absolute atomic E-state index is 5.61. The van der Waals surface area contributed by atoms with Crippen LogP contribution in [0.3, 0.4) is 0 Å². The lowest BCUT2D eigenvalue weighted by atomic mass is 10.1. The smallest absolute Gasteiger partial charge is 0.226 e. The first-order valence-corrected chi connectivity index (χ1v) is 9.79. The highest BCUT2D eigenvalue weighted by atomic mass is 127. The second-order valence-corrected chi connectivity index (χ2v) is 6.80. The van der Waals surface area contributed by atoms with Gasteiger partial charge in [0.2, 0.25) is 5.89 Å². The number of halogens is 1. The molecule has 31 heavy (non-hydrogen) atoms. The molecule has 0 unspecified atom stereocenters. The average Bonchev–Trinajstić information content (AvgIpc) is 3.25. The number of hydrogen-bond acceptors (Lipinski definition) is 5. The zero-order valence-corrected chi connectivity index (χ0v) is 20.6. The first-order chi connectivity index (χ1) is 14.6. The van der Waals surface area contributed by atoms with Crippen LogP contribution in [-0.2, 0) is 13.0 Å². The molecule has 0 aliphatic rings. The van der Waals surface area contributed by atoms with Gasteiger partial charge < -0.3 is 24.5 Å². The summed E-state index contributed by atoms with van der Waals surface area (Å²) in [7, 11) is 5.00. The molecule has 0 saturated carbocycles. The molecule has 1 aromatic heterocycles. The van der Waals surface area contributed by atoms with Crippen molar-refractivity contribution in [3.63, 3.8) is 0 Å². The molecule has 0 spiro atoms. The van der Waals surface area contributed by atoms with Crippen LogP contribution in [0.1, 0.15) is 16.8 Å². The molecule has 0 bridgehead atoms. The van der Waals surface area contributed by atoms with Gasteiger partial charge in [0.25, 0.3) is 0 Å². The van der Waals surface area contributed by atoms with Gasteiger partial charge in [-0.3, -0.25) is 4.99 Å². The number of aryl methyl sites for hydroxylation is 1. The van der Waals surface area contributed by atoms with Gasteiger partial charge in [0.15, 0.2) is 17.5 Å². The van der Waals surface area contributed by atoms with Crippen molar-refractivity contribution in [2.24, 2.45) is 4.99 Å². The molecule has 1 heterocycles. The lowest BCUT2D eigenvalue weighted by Crippen LogP contribution is -2.37. The number of aliphatic imine (C=N–C) groups is 1. The van der Waals surface area contributed by atoms with Crippen molar-refractivity contribution < 1.29 is 13.9 Å². The van der Waals surface area contributed by atoms with E-state index in [-0.39, 0.29) is 24.0 Å². The predicted molar refractivity (Wildman–Crippen MR) is 134 cm³/mol. The Morgan fingerprint density at radius 3 is 2.45 bits per heavy atom. The molecular formula is C23H29IN4O3. The third kappa shape index (κ3) is 6.88. The van der Waals surface area contributed by atoms with Crippen LogP contribution in [0.4, 0.5) is 0 Å². The normalized spacial score (nSPS) is 10.9. The molecule has 3 aromatic rings. The standard InChI is InChI=1S/C23H28N4O3.HI/c1-16-5-8-18(9-6-16)22-27-19(15-30-22)11-12-25-23(24-2)26-14-17-7-10-20(28-3)21(13-17)29-4;/h5-10,13,15H,11-12,14H2,1-4H3,(H2,24,25,26);1H. The number of guanidine groups is 1. The summed E-state index contributed by atoms with van der Waals surface area (Å²) >= 11 is 0. The number of hydrogen-bond donors (Lipinski definition) is 2. The molecule has 0 fully saturated rings. The van der Waals surface area contributed by atoms with E-state index in [0.717, 1.165) is 23.2 Å². The van der Waals surface area contributed by atoms with Crippen LogP contribution in [0.2, 0.25) is 0 Å². The molecule has 0 radical (unpaired) electrons. The molecule has 166 valence electrons. The van der Waals surface area contributed by atoms with Crippen LogP contribution >= 0.6 is 24.0 Å². The van der Waals surface area contributed by atoms with Crippen LogP contribution < -0.4 is 20.1 Å². The van der Waals surface area contributed by atoms with E-state index in [4.69, 9.17) is 13.9 Å². The number of benzene rings is 2. The van der Waals surface area contributed by atoms with E-state index in [1.807, 2.05) is 30.3 Å². The summed E-state index contributed by atoms with van der Waals surface area (Å²) in [6.45, 7) is 3.36. The van der Waals surface area contributed by atoms with Gasteiger partial charge in [-0.15, -0.1) is 24.0 Å². The fraction of sp³-hybridized carbons (Fsp3) is 0.304. The Balaban J connectivity index is 0.00000341. The van der Waals surface area contributed by atoms with Crippen molar-refractivity contribution >= 4 is 29.9 Å². The van der Waals surface area contributed by atoms with E-state index in [1.54, 1.807) is 27.5 Å². The van der Waals surface area contributed by atoms with Crippen LogP contribution in [0.5, 0.6) is 11.5 Å². The summed E-state index contributed by atoms with van der Waals surface area (Å²) < 4.78 is 16.2. The van der Waals surface area contributed by atoms with E-state index in [1.165, 1.54) is 5.56 Å². The predicted octanol–water partition coefficient (Wildman–Crippen LogP) is 4.19. The number of nitrogens with one attached hydrogen (secondary N) is 2. The van der Waals surface area contributed by atoms with Gasteiger partial charge in [0.05, 0.1) is 19.9 Å². The Labute approximate surface area is 200 Å². The van der Waals surface area contributed by atoms with Crippen LogP contribution in [0.15, 0.2) is 58.1 Å². The van der Waals surface area contributed by atoms with Gasteiger partial charge in [-0.25, -0.2) is 4.98 Å². The molecule has 2 aromatic carbocycles. The number of rotatable bonds is 8. The van der Waals surface area contributed by atoms with E-state index in [9.17, 15) is 0 Å². The Hall–Kier alpha value is -2.75. The van der Waals surface area contributed by atoms with Gasteiger partial charge in [-0.1, -0.05) is 23.8 Å². The molecule has 8 heteroatoms. The maximum Gasteiger partial charge on any atom is 0.226 e. The molecular weight excluding hydrogens is 507 g/mol. The Bertz CT molecular complexity index is 987. The minimum absolute atomic E-state index is 0. The lowest BCUT2D eigenvalue weighted by molar-refractivity contribution is 0.354. The van der Waals surface area contributed by atoms with Gasteiger partial charge in [-0.2, -0.15) is 0 Å². The fourth-order valence-electron chi connectivity index (χ4n) is 2.96. The van der Waals surface area contributed by atoms with Crippen LogP contribution in [0.25, 0.3) is 11.5 Å². The average molecular weight is 536 g/mol. The molecule has 2 N–H and O–H groups in total. The fourth-order valence-corrected chi connectivity index (χ4v) is 2.96. The van der Waals surface area contributed by atoms with Gasteiger partial charge in [-0.05, 0) is 36.8 Å². The highest BCUT2D eigenvalue weighted by Gasteiger charge is 2.08. The zero-order chi connectivity index (χ0) is 21.3. The van der Waals surface area contributed by atoms with Crippen molar-refractivity contribution in [3.05, 3.63) is 65.5 Å². The van der Waals surface area contributed by atoms with Crippen molar-refractivity contribution in [2.75, 3.05) is 27.8 Å². The molecule has 0 amide bonds. The number of nitrogens with zero attached hydrogens (tertiary/aromatic N) is 2. The van der Waals surface area contributed by atoms with Crippen LogP contribution in [-0.4, -0.2) is 38.8 Å². The van der Waals surface area contributed by atoms with Crippen LogP contribution in [0, 0.1) is 6.92 Å². The summed E-state index contributed by atoms with van der Waals surface area (Å²) in [5, 5.41) is 6.59. The molecule has 0 aliphatic heterocycles. The quantitative estimate of drug-likeness (QED) is 0.255. The third-order valence-electron chi connectivity index (χ3n) is 4.66. The van der Waals surface area contributed by atoms with Gasteiger partial charge >= 0.3 is 0 Å². The first-order valence-electron chi connectivity index (χ1n) is 9.79. The largest absolute Gasteiger partial charge is 0.493 e. The van der Waals surface area contributed by atoms with Crippen molar-refractivity contribution in [2.45, 2.75) is 19.9 Å². The molecule has 0 saturated heterocycles. The van der Waals surface area contributed by atoms with Gasteiger partial charge in [0, 0.05) is 32.1 Å². The number of ether oxygens (including phenoxy) is 2. The number of methoxy groups -OCH3 is 2. The maximum atomic E-state index is 5.61. The molecule has 3 rings (SSSR count). The highest BCUT2D eigenvalue weighted by molar-refractivity contribution is 14.0. The van der Waals surface area contributed by atoms with E-state index >= 15 is 0 Å². The minimum Gasteiger partial charge on any atom is -0.493 e. The molecule has 0 atom stereocenters. The summed E-state index contributed by atoms with van der Waals surface area (Å²) in [6, 6.07) is 14.0. The summed E-state index contributed by atoms with van der Waals surface area (Å²) in [6.07, 6.45) is 2.43. The molecule has 0 aliphatic carbocycles. The third-order valence-corrected chi connectivity index (χ3v) is 4.66. The Morgan fingerprint density at radius 2 is 1.77 bits per heavy atom. The zero-order valence-electron chi connectivity index (χ0n) is 18.3. The van der Waals surface area contributed by atoms with Gasteiger partial charge in [0.1, 0.15) is 6.26 Å². The second-order valence-electron chi connectivity index (χ2n) is 6.80. The summed E-state index contributed by atoms with van der Waals surface area (Å²) in [5.41, 5.74) is 4.15. The second kappa shape index (κ2) is 12.2. The lowest BCUT2D eigenvalue weighted by Gasteiger charge is -2.13. The summed E-state index contributed by atoms with van der Waals surface area (Å²) in [5.74, 6) is 2.77. The highest BCUT2D eigenvalue weighted by Crippen LogP contribution is 2.27. The topological polar surface area (TPSA) is 80.9 Å². The van der Waals surface area contributed by atoms with Crippen molar-refractivity contribution in [1.29, 1.82) is 0 Å². The first kappa shape index (κ1) is 24.5. The molecule has 7 nitrogen and oxygen atoms in total.